The number of nitrogens with zero attached hydrogens (tertiary/aromatic N) is 1. The Kier molecular flexibility index (Phi) is 3.51. The van der Waals surface area contributed by atoms with Gasteiger partial charge in [-0.2, -0.15) is 0 Å². The van der Waals surface area contributed by atoms with E-state index in [1.807, 2.05) is 0 Å². The molecule has 0 bridgehead atoms. The number of sulfonamides is 1. The molecule has 2 fully saturated rings. The van der Waals surface area contributed by atoms with Crippen molar-refractivity contribution in [3.63, 3.8) is 0 Å². The SMILES string of the molecule is NC(=S)c1ncccc1S(=O)(=O)NC(C1CC1)C1CC1. The van der Waals surface area contributed by atoms with Crippen molar-refractivity contribution in [3.05, 3.63) is 24.0 Å². The van der Waals surface area contributed by atoms with E-state index in [0.29, 0.717) is 11.8 Å². The highest BCUT2D eigenvalue weighted by atomic mass is 32.2. The van der Waals surface area contributed by atoms with E-state index in [4.69, 9.17) is 18.0 Å². The molecule has 0 spiro atoms. The van der Waals surface area contributed by atoms with Gasteiger partial charge in [-0.25, -0.2) is 13.1 Å². The molecule has 3 rings (SSSR count). The van der Waals surface area contributed by atoms with Crippen molar-refractivity contribution in [3.8, 4) is 0 Å². The third kappa shape index (κ3) is 2.84. The lowest BCUT2D eigenvalue weighted by Gasteiger charge is -2.18. The molecule has 20 heavy (non-hydrogen) atoms. The summed E-state index contributed by atoms with van der Waals surface area (Å²) in [5.74, 6) is 0.976. The van der Waals surface area contributed by atoms with Crippen molar-refractivity contribution in [2.24, 2.45) is 17.6 Å². The quantitative estimate of drug-likeness (QED) is 0.771. The smallest absolute Gasteiger partial charge is 0.243 e. The second-order valence-corrected chi connectivity index (χ2v) is 7.66. The van der Waals surface area contributed by atoms with E-state index in [9.17, 15) is 8.42 Å². The first-order valence-corrected chi connectivity index (χ1v) is 8.65. The number of aromatic nitrogens is 1. The Bertz CT molecular complexity index is 625. The van der Waals surface area contributed by atoms with Crippen molar-refractivity contribution in [2.75, 3.05) is 0 Å². The largest absolute Gasteiger partial charge is 0.388 e. The van der Waals surface area contributed by atoms with Crippen LogP contribution in [0.25, 0.3) is 0 Å². The summed E-state index contributed by atoms with van der Waals surface area (Å²) in [7, 11) is -3.63. The van der Waals surface area contributed by atoms with Gasteiger partial charge in [-0.15, -0.1) is 0 Å². The minimum absolute atomic E-state index is 0.000342. The Morgan fingerprint density at radius 3 is 2.45 bits per heavy atom. The highest BCUT2D eigenvalue weighted by Crippen LogP contribution is 2.45. The van der Waals surface area contributed by atoms with E-state index in [-0.39, 0.29) is 21.6 Å². The average molecular weight is 311 g/mol. The molecule has 0 atom stereocenters. The summed E-state index contributed by atoms with van der Waals surface area (Å²) < 4.78 is 28.0. The number of nitrogens with two attached hydrogens (primary N) is 1. The zero-order valence-corrected chi connectivity index (χ0v) is 12.6. The van der Waals surface area contributed by atoms with Crippen LogP contribution in [0.15, 0.2) is 23.2 Å². The predicted molar refractivity (Wildman–Crippen MR) is 79.7 cm³/mol. The molecule has 0 radical (unpaired) electrons. The van der Waals surface area contributed by atoms with Crippen molar-refractivity contribution >= 4 is 27.2 Å². The molecule has 108 valence electrons. The van der Waals surface area contributed by atoms with E-state index in [1.165, 1.54) is 12.3 Å². The maximum atomic E-state index is 12.6. The minimum Gasteiger partial charge on any atom is -0.388 e. The number of pyridine rings is 1. The van der Waals surface area contributed by atoms with Crippen LogP contribution < -0.4 is 10.5 Å². The van der Waals surface area contributed by atoms with Gasteiger partial charge in [0.15, 0.2) is 0 Å². The second kappa shape index (κ2) is 5.05. The molecule has 0 unspecified atom stereocenters. The van der Waals surface area contributed by atoms with Crippen LogP contribution in [0.5, 0.6) is 0 Å². The van der Waals surface area contributed by atoms with Crippen molar-refractivity contribution in [1.29, 1.82) is 0 Å². The van der Waals surface area contributed by atoms with Crippen LogP contribution in [0.2, 0.25) is 0 Å². The van der Waals surface area contributed by atoms with Gasteiger partial charge in [-0.05, 0) is 49.7 Å². The van der Waals surface area contributed by atoms with Crippen LogP contribution in [0, 0.1) is 11.8 Å². The molecule has 2 aliphatic rings. The van der Waals surface area contributed by atoms with Gasteiger partial charge < -0.3 is 5.73 Å². The topological polar surface area (TPSA) is 85.1 Å². The number of rotatable bonds is 6. The molecule has 0 saturated heterocycles. The Hall–Kier alpha value is -1.05. The molecule has 0 amide bonds. The van der Waals surface area contributed by atoms with Crippen LogP contribution in [-0.4, -0.2) is 24.4 Å². The van der Waals surface area contributed by atoms with Gasteiger partial charge in [0.25, 0.3) is 0 Å². The first-order chi connectivity index (χ1) is 9.49. The minimum atomic E-state index is -3.63. The first kappa shape index (κ1) is 13.9. The fourth-order valence-electron chi connectivity index (χ4n) is 2.52. The molecular weight excluding hydrogens is 294 g/mol. The number of hydrogen-bond donors (Lipinski definition) is 2. The standard InChI is InChI=1S/C13H17N3O2S2/c14-13(19)12-10(2-1-7-15-12)20(17,18)16-11(8-3-4-8)9-5-6-9/h1-2,7-9,11,16H,3-6H2,(H2,14,19). The van der Waals surface area contributed by atoms with Crippen LogP contribution in [0.4, 0.5) is 0 Å². The lowest BCUT2D eigenvalue weighted by molar-refractivity contribution is 0.471. The maximum absolute atomic E-state index is 12.6. The highest BCUT2D eigenvalue weighted by Gasteiger charge is 2.43. The molecule has 1 aromatic heterocycles. The molecular formula is C13H17N3O2S2. The lowest BCUT2D eigenvalue weighted by atomic mass is 10.1. The van der Waals surface area contributed by atoms with Crippen molar-refractivity contribution < 1.29 is 8.42 Å². The van der Waals surface area contributed by atoms with Gasteiger partial charge >= 0.3 is 0 Å². The van der Waals surface area contributed by atoms with Gasteiger partial charge in [0.1, 0.15) is 15.6 Å². The third-order valence-electron chi connectivity index (χ3n) is 3.84. The molecule has 0 aromatic carbocycles. The number of nitrogens with one attached hydrogen (secondary N) is 1. The van der Waals surface area contributed by atoms with Crippen molar-refractivity contribution in [1.82, 2.24) is 9.71 Å². The molecule has 0 aliphatic heterocycles. The van der Waals surface area contributed by atoms with Gasteiger partial charge in [0.05, 0.1) is 0 Å². The lowest BCUT2D eigenvalue weighted by Crippen LogP contribution is -2.39. The third-order valence-corrected chi connectivity index (χ3v) is 5.53. The maximum Gasteiger partial charge on any atom is 0.243 e. The van der Waals surface area contributed by atoms with E-state index < -0.39 is 10.0 Å². The molecule has 1 heterocycles. The van der Waals surface area contributed by atoms with Crippen molar-refractivity contribution in [2.45, 2.75) is 36.6 Å². The summed E-state index contributed by atoms with van der Waals surface area (Å²) in [4.78, 5) is 4.07. The Balaban J connectivity index is 1.89. The highest BCUT2D eigenvalue weighted by molar-refractivity contribution is 7.89. The summed E-state index contributed by atoms with van der Waals surface area (Å²) >= 11 is 4.88. The van der Waals surface area contributed by atoms with Gasteiger partial charge in [-0.3, -0.25) is 4.98 Å². The zero-order valence-electron chi connectivity index (χ0n) is 11.0. The Morgan fingerprint density at radius 2 is 1.95 bits per heavy atom. The van der Waals surface area contributed by atoms with Crippen LogP contribution in [0.1, 0.15) is 31.4 Å². The summed E-state index contributed by atoms with van der Waals surface area (Å²) in [5, 5.41) is 0. The first-order valence-electron chi connectivity index (χ1n) is 6.76. The van der Waals surface area contributed by atoms with Gasteiger partial charge in [0, 0.05) is 12.2 Å². The van der Waals surface area contributed by atoms with Gasteiger partial charge in [0.2, 0.25) is 10.0 Å². The average Bonchev–Trinajstić information content (AvgIpc) is 3.29. The summed E-state index contributed by atoms with van der Waals surface area (Å²) in [6, 6.07) is 3.14. The number of thiocarbonyl (C=S) groups is 1. The zero-order chi connectivity index (χ0) is 14.3. The fourth-order valence-corrected chi connectivity index (χ4v) is 4.30. The van der Waals surface area contributed by atoms with E-state index in [1.54, 1.807) is 6.07 Å². The second-order valence-electron chi connectivity index (χ2n) is 5.54. The number of hydrogen-bond acceptors (Lipinski definition) is 4. The molecule has 5 nitrogen and oxygen atoms in total. The van der Waals surface area contributed by atoms with E-state index in [2.05, 4.69) is 9.71 Å². The van der Waals surface area contributed by atoms with Crippen LogP contribution >= 0.6 is 12.2 Å². The molecule has 3 N–H and O–H groups in total. The Morgan fingerprint density at radius 1 is 1.35 bits per heavy atom. The molecule has 2 saturated carbocycles. The summed E-state index contributed by atoms with van der Waals surface area (Å²) in [5.41, 5.74) is 5.73. The van der Waals surface area contributed by atoms with E-state index in [0.717, 1.165) is 25.7 Å². The van der Waals surface area contributed by atoms with Crippen LogP contribution in [-0.2, 0) is 10.0 Å². The molecule has 2 aliphatic carbocycles. The molecule has 1 aromatic rings. The Labute approximate surface area is 124 Å². The monoisotopic (exact) mass is 311 g/mol. The summed E-state index contributed by atoms with van der Waals surface area (Å²) in [6.45, 7) is 0. The van der Waals surface area contributed by atoms with Crippen LogP contribution in [0.3, 0.4) is 0 Å². The fraction of sp³-hybridized carbons (Fsp3) is 0.538. The van der Waals surface area contributed by atoms with E-state index >= 15 is 0 Å². The molecule has 7 heteroatoms. The van der Waals surface area contributed by atoms with Gasteiger partial charge in [-0.1, -0.05) is 12.2 Å². The summed E-state index contributed by atoms with van der Waals surface area (Å²) in [6.07, 6.45) is 5.93. The normalized spacial score (nSPS) is 19.2. The predicted octanol–water partition coefficient (Wildman–Crippen LogP) is 1.18.